The third-order valence-electron chi connectivity index (χ3n) is 5.35. The lowest BCUT2D eigenvalue weighted by Crippen LogP contribution is -2.43. The van der Waals surface area contributed by atoms with Gasteiger partial charge in [-0.25, -0.2) is 0 Å². The summed E-state index contributed by atoms with van der Waals surface area (Å²) < 4.78 is 0. The number of carbonyl (C=O) groups excluding carboxylic acids is 1. The molecule has 1 aromatic carbocycles. The van der Waals surface area contributed by atoms with Crippen LogP contribution in [0.15, 0.2) is 29.3 Å². The lowest BCUT2D eigenvalue weighted by Gasteiger charge is -2.31. The molecule has 1 fully saturated rings. The molecule has 0 radical (unpaired) electrons. The number of rotatable bonds is 7. The molecule has 158 valence electrons. The summed E-state index contributed by atoms with van der Waals surface area (Å²) in [5.74, 6) is 1.18. The minimum absolute atomic E-state index is 0. The SMILES string of the molecule is CN=C(NCc1cccc(CN2CCCC(C(N)=O)C2)c1)NC(C)C(C)C.I. The maximum Gasteiger partial charge on any atom is 0.221 e. The Morgan fingerprint density at radius 2 is 2.04 bits per heavy atom. The molecule has 0 bridgehead atoms. The second kappa shape index (κ2) is 12.3. The summed E-state index contributed by atoms with van der Waals surface area (Å²) in [7, 11) is 1.80. The summed E-state index contributed by atoms with van der Waals surface area (Å²) in [6.45, 7) is 9.92. The smallest absolute Gasteiger partial charge is 0.221 e. The van der Waals surface area contributed by atoms with Gasteiger partial charge in [-0.05, 0) is 43.4 Å². The van der Waals surface area contributed by atoms with Crippen molar-refractivity contribution in [3.8, 4) is 0 Å². The zero-order valence-corrected chi connectivity index (χ0v) is 19.9. The number of carbonyl (C=O) groups is 1. The number of benzene rings is 1. The van der Waals surface area contributed by atoms with Gasteiger partial charge in [-0.2, -0.15) is 0 Å². The highest BCUT2D eigenvalue weighted by Crippen LogP contribution is 2.18. The monoisotopic (exact) mass is 501 g/mol. The van der Waals surface area contributed by atoms with Crippen molar-refractivity contribution < 1.29 is 4.79 Å². The van der Waals surface area contributed by atoms with Gasteiger partial charge in [0.2, 0.25) is 5.91 Å². The molecule has 1 aromatic rings. The van der Waals surface area contributed by atoms with Crippen LogP contribution in [-0.2, 0) is 17.9 Å². The molecule has 2 unspecified atom stereocenters. The van der Waals surface area contributed by atoms with Crippen molar-refractivity contribution in [2.75, 3.05) is 20.1 Å². The van der Waals surface area contributed by atoms with E-state index in [0.29, 0.717) is 12.0 Å². The molecule has 6 nitrogen and oxygen atoms in total. The summed E-state index contributed by atoms with van der Waals surface area (Å²) in [6, 6.07) is 8.94. The predicted molar refractivity (Wildman–Crippen MR) is 127 cm³/mol. The number of halogens is 1. The van der Waals surface area contributed by atoms with Gasteiger partial charge < -0.3 is 16.4 Å². The Hall–Kier alpha value is -1.35. The number of nitrogens with two attached hydrogens (primary N) is 1. The maximum atomic E-state index is 11.5. The summed E-state index contributed by atoms with van der Waals surface area (Å²) in [5.41, 5.74) is 7.97. The van der Waals surface area contributed by atoms with Crippen LogP contribution in [0.2, 0.25) is 0 Å². The highest BCUT2D eigenvalue weighted by molar-refractivity contribution is 14.0. The van der Waals surface area contributed by atoms with Gasteiger partial charge in [0.05, 0.1) is 5.92 Å². The Labute approximate surface area is 186 Å². The Balaban J connectivity index is 0.00000392. The number of likely N-dealkylation sites (tertiary alicyclic amines) is 1. The van der Waals surface area contributed by atoms with Crippen molar-refractivity contribution in [1.82, 2.24) is 15.5 Å². The molecular formula is C21H36IN5O. The Morgan fingerprint density at radius 3 is 2.68 bits per heavy atom. The molecule has 0 aromatic heterocycles. The zero-order chi connectivity index (χ0) is 19.8. The van der Waals surface area contributed by atoms with E-state index in [4.69, 9.17) is 5.73 Å². The summed E-state index contributed by atoms with van der Waals surface area (Å²) in [4.78, 5) is 18.1. The van der Waals surface area contributed by atoms with Gasteiger partial charge in [0.25, 0.3) is 0 Å². The van der Waals surface area contributed by atoms with Crippen LogP contribution >= 0.6 is 24.0 Å². The number of nitrogens with zero attached hydrogens (tertiary/aromatic N) is 2. The minimum Gasteiger partial charge on any atom is -0.369 e. The van der Waals surface area contributed by atoms with Crippen molar-refractivity contribution in [1.29, 1.82) is 0 Å². The maximum absolute atomic E-state index is 11.5. The van der Waals surface area contributed by atoms with Gasteiger partial charge in [-0.3, -0.25) is 14.7 Å². The number of hydrogen-bond acceptors (Lipinski definition) is 3. The van der Waals surface area contributed by atoms with Gasteiger partial charge in [0.1, 0.15) is 0 Å². The quantitative estimate of drug-likeness (QED) is 0.305. The molecule has 1 saturated heterocycles. The summed E-state index contributed by atoms with van der Waals surface area (Å²) >= 11 is 0. The molecule has 0 aliphatic carbocycles. The number of guanidine groups is 1. The van der Waals surface area contributed by atoms with Crippen LogP contribution in [0.25, 0.3) is 0 Å². The van der Waals surface area contributed by atoms with E-state index < -0.39 is 0 Å². The molecule has 1 amide bonds. The first-order chi connectivity index (χ1) is 12.9. The average molecular weight is 501 g/mol. The van der Waals surface area contributed by atoms with E-state index >= 15 is 0 Å². The number of aliphatic imine (C=N–C) groups is 1. The number of piperidine rings is 1. The predicted octanol–water partition coefficient (Wildman–Crippen LogP) is 2.71. The Kier molecular flexibility index (Phi) is 10.8. The molecule has 4 N–H and O–H groups in total. The van der Waals surface area contributed by atoms with E-state index in [1.54, 1.807) is 7.05 Å². The second-order valence-electron chi connectivity index (χ2n) is 7.90. The fourth-order valence-electron chi connectivity index (χ4n) is 3.29. The van der Waals surface area contributed by atoms with E-state index in [-0.39, 0.29) is 35.8 Å². The molecule has 1 heterocycles. The largest absolute Gasteiger partial charge is 0.369 e. The Bertz CT molecular complexity index is 649. The molecule has 1 aliphatic heterocycles. The van der Waals surface area contributed by atoms with Crippen molar-refractivity contribution in [3.05, 3.63) is 35.4 Å². The molecule has 2 atom stereocenters. The fraction of sp³-hybridized carbons (Fsp3) is 0.619. The van der Waals surface area contributed by atoms with Crippen molar-refractivity contribution in [2.24, 2.45) is 22.6 Å². The first-order valence-electron chi connectivity index (χ1n) is 9.95. The van der Waals surface area contributed by atoms with Crippen molar-refractivity contribution >= 4 is 35.8 Å². The first-order valence-corrected chi connectivity index (χ1v) is 9.95. The van der Waals surface area contributed by atoms with Crippen molar-refractivity contribution in [3.63, 3.8) is 0 Å². The van der Waals surface area contributed by atoms with Crippen LogP contribution in [0.3, 0.4) is 0 Å². The van der Waals surface area contributed by atoms with E-state index in [9.17, 15) is 4.79 Å². The standard InChI is InChI=1S/C21H35N5O.HI/c1-15(2)16(3)25-21(23-4)24-12-17-7-5-8-18(11-17)13-26-10-6-9-19(14-26)20(22)27;/h5,7-8,11,15-16,19H,6,9-10,12-14H2,1-4H3,(H2,22,27)(H2,23,24,25);1H. The second-order valence-corrected chi connectivity index (χ2v) is 7.90. The molecule has 2 rings (SSSR count). The zero-order valence-electron chi connectivity index (χ0n) is 17.6. The van der Waals surface area contributed by atoms with Gasteiger partial charge in [0, 0.05) is 32.7 Å². The molecule has 0 saturated carbocycles. The third-order valence-corrected chi connectivity index (χ3v) is 5.35. The lowest BCUT2D eigenvalue weighted by molar-refractivity contribution is -0.123. The lowest BCUT2D eigenvalue weighted by atomic mass is 9.97. The number of amides is 1. The van der Waals surface area contributed by atoms with Crippen LogP contribution in [0, 0.1) is 11.8 Å². The average Bonchev–Trinajstić information content (AvgIpc) is 2.65. The molecular weight excluding hydrogens is 465 g/mol. The highest BCUT2D eigenvalue weighted by atomic mass is 127. The summed E-state index contributed by atoms with van der Waals surface area (Å²) in [5, 5.41) is 6.81. The van der Waals surface area contributed by atoms with Crippen LogP contribution in [0.4, 0.5) is 0 Å². The molecule has 28 heavy (non-hydrogen) atoms. The third kappa shape index (κ3) is 7.95. The van der Waals surface area contributed by atoms with E-state index in [2.05, 4.69) is 65.6 Å². The topological polar surface area (TPSA) is 82.8 Å². The molecule has 1 aliphatic rings. The van der Waals surface area contributed by atoms with E-state index in [1.807, 2.05) is 0 Å². The number of primary amides is 1. The number of nitrogens with one attached hydrogen (secondary N) is 2. The number of hydrogen-bond donors (Lipinski definition) is 3. The Morgan fingerprint density at radius 1 is 1.32 bits per heavy atom. The molecule has 0 spiro atoms. The van der Waals surface area contributed by atoms with Gasteiger partial charge >= 0.3 is 0 Å². The van der Waals surface area contributed by atoms with Crippen LogP contribution in [-0.4, -0.2) is 42.9 Å². The van der Waals surface area contributed by atoms with Crippen molar-refractivity contribution in [2.45, 2.75) is 52.7 Å². The van der Waals surface area contributed by atoms with Gasteiger partial charge in [0.15, 0.2) is 5.96 Å². The highest BCUT2D eigenvalue weighted by Gasteiger charge is 2.23. The van der Waals surface area contributed by atoms with Gasteiger partial charge in [-0.1, -0.05) is 38.1 Å². The normalized spacial score (nSPS) is 19.0. The van der Waals surface area contributed by atoms with E-state index in [0.717, 1.165) is 45.0 Å². The summed E-state index contributed by atoms with van der Waals surface area (Å²) in [6.07, 6.45) is 1.95. The minimum atomic E-state index is -0.174. The first kappa shape index (κ1) is 24.7. The fourth-order valence-corrected chi connectivity index (χ4v) is 3.29. The van der Waals surface area contributed by atoms with Gasteiger partial charge in [-0.15, -0.1) is 24.0 Å². The van der Waals surface area contributed by atoms with Crippen LogP contribution in [0.5, 0.6) is 0 Å². The van der Waals surface area contributed by atoms with Crippen LogP contribution in [0.1, 0.15) is 44.7 Å². The molecule has 7 heteroatoms. The van der Waals surface area contributed by atoms with E-state index in [1.165, 1.54) is 11.1 Å². The van der Waals surface area contributed by atoms with Crippen LogP contribution < -0.4 is 16.4 Å².